The summed E-state index contributed by atoms with van der Waals surface area (Å²) in [5, 5.41) is 0. The average Bonchev–Trinajstić information content (AvgIpc) is 2.42. The molecule has 0 aliphatic carbocycles. The van der Waals surface area contributed by atoms with Crippen LogP contribution in [0.4, 0.5) is 14.5 Å². The van der Waals surface area contributed by atoms with Gasteiger partial charge in [-0.15, -0.1) is 0 Å². The molecule has 106 valence electrons. The third-order valence-electron chi connectivity index (χ3n) is 2.54. The first-order chi connectivity index (χ1) is 9.42. The summed E-state index contributed by atoms with van der Waals surface area (Å²) in [4.78, 5) is -0.354. The minimum atomic E-state index is -3.97. The maximum absolute atomic E-state index is 13.1. The second kappa shape index (κ2) is 5.46. The first-order valence-electron chi connectivity index (χ1n) is 5.54. The summed E-state index contributed by atoms with van der Waals surface area (Å²) in [5.41, 5.74) is 0.288. The Hall–Kier alpha value is -2.15. The number of ether oxygens (including phenoxy) is 1. The van der Waals surface area contributed by atoms with E-state index in [2.05, 4.69) is 4.72 Å². The summed E-state index contributed by atoms with van der Waals surface area (Å²) in [6.45, 7) is 0. The molecule has 2 aromatic rings. The lowest BCUT2D eigenvalue weighted by Gasteiger charge is -2.09. The average molecular weight is 299 g/mol. The highest BCUT2D eigenvalue weighted by Crippen LogP contribution is 2.20. The lowest BCUT2D eigenvalue weighted by molar-refractivity contribution is 0.415. The molecule has 4 nitrogen and oxygen atoms in total. The van der Waals surface area contributed by atoms with Crippen LogP contribution in [0.25, 0.3) is 0 Å². The van der Waals surface area contributed by atoms with Crippen LogP contribution < -0.4 is 9.46 Å². The maximum atomic E-state index is 13.1. The molecule has 0 saturated heterocycles. The van der Waals surface area contributed by atoms with E-state index in [1.807, 2.05) is 0 Å². The fraction of sp³-hybridized carbons (Fsp3) is 0.0769. The lowest BCUT2D eigenvalue weighted by atomic mass is 10.3. The standard InChI is InChI=1S/C13H11F2NO3S/c1-19-10-4-2-9(3-5-10)16-20(17,18)11-6-7-12(14)13(15)8-11/h2-8,16H,1H3. The number of nitrogens with one attached hydrogen (secondary N) is 1. The van der Waals surface area contributed by atoms with Crippen LogP contribution in [-0.2, 0) is 10.0 Å². The van der Waals surface area contributed by atoms with E-state index in [0.717, 1.165) is 12.1 Å². The molecule has 0 radical (unpaired) electrons. The van der Waals surface area contributed by atoms with Crippen LogP contribution >= 0.6 is 0 Å². The number of benzene rings is 2. The van der Waals surface area contributed by atoms with E-state index >= 15 is 0 Å². The first kappa shape index (κ1) is 14.3. The maximum Gasteiger partial charge on any atom is 0.261 e. The van der Waals surface area contributed by atoms with E-state index in [0.29, 0.717) is 11.8 Å². The van der Waals surface area contributed by atoms with Crippen LogP contribution in [-0.4, -0.2) is 15.5 Å². The zero-order valence-electron chi connectivity index (χ0n) is 10.4. The van der Waals surface area contributed by atoms with Gasteiger partial charge in [-0.3, -0.25) is 4.72 Å². The van der Waals surface area contributed by atoms with Gasteiger partial charge in [0.15, 0.2) is 11.6 Å². The highest BCUT2D eigenvalue weighted by Gasteiger charge is 2.16. The summed E-state index contributed by atoms with van der Waals surface area (Å²) in [7, 11) is -2.48. The minimum absolute atomic E-state index is 0.288. The Kier molecular flexibility index (Phi) is 3.89. The van der Waals surface area contributed by atoms with E-state index in [-0.39, 0.29) is 10.6 Å². The Labute approximate surface area is 115 Å². The number of halogens is 2. The minimum Gasteiger partial charge on any atom is -0.497 e. The lowest BCUT2D eigenvalue weighted by Crippen LogP contribution is -2.13. The van der Waals surface area contributed by atoms with Gasteiger partial charge in [0.25, 0.3) is 10.0 Å². The van der Waals surface area contributed by atoms with Crippen LogP contribution in [0.3, 0.4) is 0 Å². The largest absolute Gasteiger partial charge is 0.497 e. The molecular weight excluding hydrogens is 288 g/mol. The topological polar surface area (TPSA) is 55.4 Å². The molecule has 0 heterocycles. The van der Waals surface area contributed by atoms with Gasteiger partial charge in [0.05, 0.1) is 12.0 Å². The molecule has 7 heteroatoms. The number of hydrogen-bond acceptors (Lipinski definition) is 3. The summed E-state index contributed by atoms with van der Waals surface area (Å²) < 4.78 is 57.0. The Balaban J connectivity index is 2.27. The van der Waals surface area contributed by atoms with E-state index in [4.69, 9.17) is 4.74 Å². The van der Waals surface area contributed by atoms with Gasteiger partial charge >= 0.3 is 0 Å². The highest BCUT2D eigenvalue weighted by molar-refractivity contribution is 7.92. The molecule has 0 fully saturated rings. The molecule has 0 aromatic heterocycles. The molecule has 0 unspecified atom stereocenters. The highest BCUT2D eigenvalue weighted by atomic mass is 32.2. The molecule has 0 spiro atoms. The number of methoxy groups -OCH3 is 1. The Morgan fingerprint density at radius 3 is 2.20 bits per heavy atom. The summed E-state index contributed by atoms with van der Waals surface area (Å²) >= 11 is 0. The van der Waals surface area contributed by atoms with Crippen molar-refractivity contribution in [3.05, 3.63) is 54.1 Å². The molecule has 0 atom stereocenters. The monoisotopic (exact) mass is 299 g/mol. The van der Waals surface area contributed by atoms with Crippen molar-refractivity contribution in [2.45, 2.75) is 4.90 Å². The Morgan fingerprint density at radius 2 is 1.65 bits per heavy atom. The molecule has 2 rings (SSSR count). The normalized spacial score (nSPS) is 11.2. The summed E-state index contributed by atoms with van der Waals surface area (Å²) in [5.74, 6) is -1.75. The third-order valence-corrected chi connectivity index (χ3v) is 3.92. The smallest absolute Gasteiger partial charge is 0.261 e. The van der Waals surface area contributed by atoms with E-state index in [1.165, 1.54) is 19.2 Å². The third kappa shape index (κ3) is 3.05. The second-order valence-corrected chi connectivity index (χ2v) is 5.59. The molecule has 0 aliphatic heterocycles. The Morgan fingerprint density at radius 1 is 1.00 bits per heavy atom. The van der Waals surface area contributed by atoms with Gasteiger partial charge in [0, 0.05) is 5.69 Å². The zero-order valence-corrected chi connectivity index (χ0v) is 11.2. The van der Waals surface area contributed by atoms with Gasteiger partial charge in [-0.25, -0.2) is 17.2 Å². The summed E-state index contributed by atoms with van der Waals surface area (Å²) in [6, 6.07) is 8.52. The van der Waals surface area contributed by atoms with Gasteiger partial charge in [0.1, 0.15) is 5.75 Å². The molecule has 0 bridgehead atoms. The van der Waals surface area contributed by atoms with E-state index in [1.54, 1.807) is 12.1 Å². The van der Waals surface area contributed by atoms with Crippen LogP contribution in [0.1, 0.15) is 0 Å². The van der Waals surface area contributed by atoms with Crippen molar-refractivity contribution in [1.82, 2.24) is 0 Å². The van der Waals surface area contributed by atoms with Crippen LogP contribution in [0.15, 0.2) is 47.4 Å². The quantitative estimate of drug-likeness (QED) is 0.944. The summed E-state index contributed by atoms with van der Waals surface area (Å²) in [6.07, 6.45) is 0. The Bertz CT molecular complexity index is 715. The molecule has 20 heavy (non-hydrogen) atoms. The van der Waals surface area contributed by atoms with Gasteiger partial charge < -0.3 is 4.74 Å². The molecular formula is C13H11F2NO3S. The van der Waals surface area contributed by atoms with Gasteiger partial charge in [-0.2, -0.15) is 0 Å². The molecule has 0 saturated carbocycles. The fourth-order valence-electron chi connectivity index (χ4n) is 1.52. The predicted molar refractivity (Wildman–Crippen MR) is 70.2 cm³/mol. The number of sulfonamides is 1. The van der Waals surface area contributed by atoms with Gasteiger partial charge in [-0.05, 0) is 42.5 Å². The van der Waals surface area contributed by atoms with Gasteiger partial charge in [-0.1, -0.05) is 0 Å². The molecule has 0 aliphatic rings. The van der Waals surface area contributed by atoms with Crippen LogP contribution in [0.2, 0.25) is 0 Å². The van der Waals surface area contributed by atoms with Crippen molar-refractivity contribution in [1.29, 1.82) is 0 Å². The van der Waals surface area contributed by atoms with Crippen LogP contribution in [0, 0.1) is 11.6 Å². The van der Waals surface area contributed by atoms with Gasteiger partial charge in [0.2, 0.25) is 0 Å². The predicted octanol–water partition coefficient (Wildman–Crippen LogP) is 2.77. The van der Waals surface area contributed by atoms with E-state index in [9.17, 15) is 17.2 Å². The van der Waals surface area contributed by atoms with Crippen LogP contribution in [0.5, 0.6) is 5.75 Å². The second-order valence-electron chi connectivity index (χ2n) is 3.91. The van der Waals surface area contributed by atoms with E-state index < -0.39 is 21.7 Å². The van der Waals surface area contributed by atoms with Crippen molar-refractivity contribution in [2.75, 3.05) is 11.8 Å². The molecule has 0 amide bonds. The first-order valence-corrected chi connectivity index (χ1v) is 7.02. The number of hydrogen-bond donors (Lipinski definition) is 1. The number of anilines is 1. The van der Waals surface area contributed by atoms with Crippen molar-refractivity contribution in [3.8, 4) is 5.75 Å². The number of rotatable bonds is 4. The van der Waals surface area contributed by atoms with Crippen molar-refractivity contribution in [2.24, 2.45) is 0 Å². The molecule has 1 N–H and O–H groups in total. The van der Waals surface area contributed by atoms with Crippen molar-refractivity contribution < 1.29 is 21.9 Å². The SMILES string of the molecule is COc1ccc(NS(=O)(=O)c2ccc(F)c(F)c2)cc1. The zero-order chi connectivity index (χ0) is 14.8. The molecule has 2 aromatic carbocycles. The van der Waals surface area contributed by atoms with Crippen molar-refractivity contribution in [3.63, 3.8) is 0 Å². The fourth-order valence-corrected chi connectivity index (χ4v) is 2.59. The van der Waals surface area contributed by atoms with Crippen molar-refractivity contribution >= 4 is 15.7 Å².